The van der Waals surface area contributed by atoms with Crippen molar-refractivity contribution in [2.24, 2.45) is 5.73 Å². The fraction of sp³-hybridized carbons (Fsp3) is 0.0833. The average molecular weight is 215 g/mol. The molecule has 0 atom stereocenters. The van der Waals surface area contributed by atoms with Gasteiger partial charge in [0.15, 0.2) is 0 Å². The molecule has 4 heteroatoms. The van der Waals surface area contributed by atoms with Crippen molar-refractivity contribution in [3.05, 3.63) is 48.2 Å². The van der Waals surface area contributed by atoms with Gasteiger partial charge in [-0.05, 0) is 23.6 Å². The van der Waals surface area contributed by atoms with E-state index in [0.717, 1.165) is 22.1 Å². The summed E-state index contributed by atoms with van der Waals surface area (Å²) in [6.45, 7) is 0.387. The standard InChI is InChI=1S/C12H10FN3/c13-9-2-1-8-3-4-16-7-10(6-14)15-12(16)11(8)5-9/h1-5,7H,6,14H2. The molecule has 0 aliphatic heterocycles. The van der Waals surface area contributed by atoms with Gasteiger partial charge in [-0.3, -0.25) is 0 Å². The number of imidazole rings is 1. The second-order valence-corrected chi connectivity index (χ2v) is 3.71. The third-order valence-corrected chi connectivity index (χ3v) is 2.66. The van der Waals surface area contributed by atoms with Gasteiger partial charge >= 0.3 is 0 Å². The van der Waals surface area contributed by atoms with Crippen LogP contribution in [0, 0.1) is 5.82 Å². The highest BCUT2D eigenvalue weighted by Gasteiger charge is 2.05. The van der Waals surface area contributed by atoms with Crippen LogP contribution in [0.25, 0.3) is 16.4 Å². The lowest BCUT2D eigenvalue weighted by molar-refractivity contribution is 0.630. The Morgan fingerprint density at radius 1 is 1.31 bits per heavy atom. The van der Waals surface area contributed by atoms with E-state index in [2.05, 4.69) is 4.98 Å². The second kappa shape index (κ2) is 3.28. The van der Waals surface area contributed by atoms with Gasteiger partial charge in [-0.2, -0.15) is 0 Å². The lowest BCUT2D eigenvalue weighted by Gasteiger charge is -1.99. The lowest BCUT2D eigenvalue weighted by Crippen LogP contribution is -1.95. The van der Waals surface area contributed by atoms with E-state index in [9.17, 15) is 4.39 Å². The minimum absolute atomic E-state index is 0.252. The third kappa shape index (κ3) is 1.27. The predicted octanol–water partition coefficient (Wildman–Crippen LogP) is 2.09. The van der Waals surface area contributed by atoms with Crippen LogP contribution in [0.15, 0.2) is 36.7 Å². The van der Waals surface area contributed by atoms with Gasteiger partial charge in [-0.1, -0.05) is 6.07 Å². The Labute approximate surface area is 91.3 Å². The topological polar surface area (TPSA) is 43.3 Å². The number of aromatic nitrogens is 2. The molecule has 80 valence electrons. The summed E-state index contributed by atoms with van der Waals surface area (Å²) in [5, 5.41) is 1.78. The molecule has 16 heavy (non-hydrogen) atoms. The van der Waals surface area contributed by atoms with Crippen molar-refractivity contribution >= 4 is 16.4 Å². The molecule has 3 rings (SSSR count). The number of fused-ring (bicyclic) bond motifs is 3. The number of hydrogen-bond acceptors (Lipinski definition) is 2. The van der Waals surface area contributed by atoms with Crippen LogP contribution in [-0.4, -0.2) is 9.38 Å². The number of rotatable bonds is 1. The number of halogens is 1. The van der Waals surface area contributed by atoms with E-state index in [1.165, 1.54) is 12.1 Å². The van der Waals surface area contributed by atoms with Gasteiger partial charge < -0.3 is 10.1 Å². The van der Waals surface area contributed by atoms with Gasteiger partial charge in [-0.25, -0.2) is 9.37 Å². The van der Waals surface area contributed by atoms with Crippen LogP contribution in [0.2, 0.25) is 0 Å². The van der Waals surface area contributed by atoms with Crippen molar-refractivity contribution in [2.45, 2.75) is 6.54 Å². The molecule has 3 nitrogen and oxygen atoms in total. The molecular formula is C12H10FN3. The Kier molecular flexibility index (Phi) is 1.91. The quantitative estimate of drug-likeness (QED) is 0.675. The normalized spacial score (nSPS) is 11.4. The van der Waals surface area contributed by atoms with Crippen LogP contribution in [0.1, 0.15) is 5.69 Å². The largest absolute Gasteiger partial charge is 0.325 e. The van der Waals surface area contributed by atoms with Crippen LogP contribution >= 0.6 is 0 Å². The highest BCUT2D eigenvalue weighted by Crippen LogP contribution is 2.20. The van der Waals surface area contributed by atoms with Crippen molar-refractivity contribution in [3.8, 4) is 0 Å². The van der Waals surface area contributed by atoms with Crippen molar-refractivity contribution < 1.29 is 4.39 Å². The second-order valence-electron chi connectivity index (χ2n) is 3.71. The number of benzene rings is 1. The lowest BCUT2D eigenvalue weighted by atomic mass is 10.2. The molecule has 2 aromatic heterocycles. The Morgan fingerprint density at radius 3 is 3.00 bits per heavy atom. The average Bonchev–Trinajstić information content (AvgIpc) is 2.72. The van der Waals surface area contributed by atoms with E-state index in [1.54, 1.807) is 6.07 Å². The summed E-state index contributed by atoms with van der Waals surface area (Å²) in [4.78, 5) is 4.37. The maximum atomic E-state index is 13.2. The van der Waals surface area contributed by atoms with Gasteiger partial charge in [0.25, 0.3) is 0 Å². The zero-order valence-electron chi connectivity index (χ0n) is 8.52. The van der Waals surface area contributed by atoms with Crippen molar-refractivity contribution in [1.29, 1.82) is 0 Å². The first kappa shape index (κ1) is 9.30. The van der Waals surface area contributed by atoms with Gasteiger partial charge in [0.2, 0.25) is 0 Å². The SMILES string of the molecule is NCc1cn2ccc3ccc(F)cc3c2n1. The van der Waals surface area contributed by atoms with Crippen LogP contribution in [0.5, 0.6) is 0 Å². The summed E-state index contributed by atoms with van der Waals surface area (Å²) in [6.07, 6.45) is 3.77. The molecule has 0 aliphatic carbocycles. The Morgan fingerprint density at radius 2 is 2.19 bits per heavy atom. The first-order valence-electron chi connectivity index (χ1n) is 5.04. The van der Waals surface area contributed by atoms with Crippen LogP contribution < -0.4 is 5.73 Å². The van der Waals surface area contributed by atoms with Gasteiger partial charge in [0.05, 0.1) is 5.69 Å². The van der Waals surface area contributed by atoms with E-state index in [1.807, 2.05) is 22.9 Å². The molecule has 0 aliphatic rings. The molecule has 1 aromatic carbocycles. The molecule has 0 spiro atoms. The van der Waals surface area contributed by atoms with Crippen LogP contribution in [-0.2, 0) is 6.54 Å². The molecule has 2 N–H and O–H groups in total. The number of nitrogens with two attached hydrogens (primary N) is 1. The fourth-order valence-corrected chi connectivity index (χ4v) is 1.88. The van der Waals surface area contributed by atoms with Gasteiger partial charge in [0.1, 0.15) is 11.5 Å². The number of hydrogen-bond donors (Lipinski definition) is 1. The number of pyridine rings is 1. The Bertz CT molecular complexity index is 672. The molecule has 0 fully saturated rings. The molecule has 3 aromatic rings. The summed E-state index contributed by atoms with van der Waals surface area (Å²) in [5.41, 5.74) is 7.09. The zero-order chi connectivity index (χ0) is 11.1. The van der Waals surface area contributed by atoms with Crippen molar-refractivity contribution in [1.82, 2.24) is 9.38 Å². The third-order valence-electron chi connectivity index (χ3n) is 2.66. The maximum absolute atomic E-state index is 13.2. The summed E-state index contributed by atoms with van der Waals surface area (Å²) in [5.74, 6) is -0.252. The Hall–Kier alpha value is -1.94. The first-order chi connectivity index (χ1) is 7.78. The maximum Gasteiger partial charge on any atom is 0.145 e. The summed E-state index contributed by atoms with van der Waals surface area (Å²) >= 11 is 0. The minimum Gasteiger partial charge on any atom is -0.325 e. The molecule has 0 saturated heterocycles. The molecule has 0 saturated carbocycles. The van der Waals surface area contributed by atoms with E-state index < -0.39 is 0 Å². The van der Waals surface area contributed by atoms with E-state index in [-0.39, 0.29) is 5.82 Å². The first-order valence-corrected chi connectivity index (χ1v) is 5.04. The molecule has 0 radical (unpaired) electrons. The summed E-state index contributed by atoms with van der Waals surface area (Å²) in [6, 6.07) is 6.63. The summed E-state index contributed by atoms with van der Waals surface area (Å²) in [7, 11) is 0. The molecule has 0 amide bonds. The predicted molar refractivity (Wildman–Crippen MR) is 60.5 cm³/mol. The highest BCUT2D eigenvalue weighted by molar-refractivity contribution is 5.93. The van der Waals surface area contributed by atoms with Crippen LogP contribution in [0.4, 0.5) is 4.39 Å². The van der Waals surface area contributed by atoms with Crippen molar-refractivity contribution in [3.63, 3.8) is 0 Å². The monoisotopic (exact) mass is 215 g/mol. The van der Waals surface area contributed by atoms with Gasteiger partial charge in [-0.15, -0.1) is 0 Å². The van der Waals surface area contributed by atoms with E-state index in [0.29, 0.717) is 6.54 Å². The highest BCUT2D eigenvalue weighted by atomic mass is 19.1. The number of nitrogens with zero attached hydrogens (tertiary/aromatic N) is 2. The fourth-order valence-electron chi connectivity index (χ4n) is 1.88. The molecular weight excluding hydrogens is 205 g/mol. The minimum atomic E-state index is -0.252. The zero-order valence-corrected chi connectivity index (χ0v) is 8.52. The van der Waals surface area contributed by atoms with Crippen molar-refractivity contribution in [2.75, 3.05) is 0 Å². The summed E-state index contributed by atoms with van der Waals surface area (Å²) < 4.78 is 15.1. The Balaban J connectivity index is 2.46. The smallest absolute Gasteiger partial charge is 0.145 e. The molecule has 0 bridgehead atoms. The van der Waals surface area contributed by atoms with E-state index in [4.69, 9.17) is 5.73 Å². The van der Waals surface area contributed by atoms with Crippen LogP contribution in [0.3, 0.4) is 0 Å². The molecule has 0 unspecified atom stereocenters. The van der Waals surface area contributed by atoms with E-state index >= 15 is 0 Å². The molecule has 2 heterocycles. The van der Waals surface area contributed by atoms with Gasteiger partial charge in [0, 0.05) is 24.3 Å².